The van der Waals surface area contributed by atoms with Gasteiger partial charge in [0.1, 0.15) is 10.7 Å². The highest BCUT2D eigenvalue weighted by Gasteiger charge is 2.58. The van der Waals surface area contributed by atoms with Gasteiger partial charge in [-0.25, -0.2) is 0 Å². The van der Waals surface area contributed by atoms with Gasteiger partial charge in [-0.3, -0.25) is 0 Å². The van der Waals surface area contributed by atoms with Crippen molar-refractivity contribution in [1.29, 1.82) is 0 Å². The monoisotopic (exact) mass is 323 g/mol. The summed E-state index contributed by atoms with van der Waals surface area (Å²) in [6, 6.07) is 0. The van der Waals surface area contributed by atoms with Crippen molar-refractivity contribution >= 4 is 16.5 Å². The van der Waals surface area contributed by atoms with Crippen LogP contribution in [-0.4, -0.2) is 34.6 Å². The summed E-state index contributed by atoms with van der Waals surface area (Å²) in [4.78, 5) is 0. The Morgan fingerprint density at radius 1 is 1.20 bits per heavy atom. The highest BCUT2D eigenvalue weighted by Crippen LogP contribution is 2.36. The van der Waals surface area contributed by atoms with E-state index < -0.39 is 25.1 Å². The molecule has 1 rings (SSSR count). The third-order valence-corrected chi connectivity index (χ3v) is 2.80. The molecule has 1 N–H and O–H groups in total. The molecule has 0 atom stereocenters. The number of hydrogen-bond acceptors (Lipinski definition) is 5. The second kappa shape index (κ2) is 6.57. The fourth-order valence-electron chi connectivity index (χ4n) is 1.21. The van der Waals surface area contributed by atoms with Gasteiger partial charge < -0.3 is 10.1 Å². The lowest BCUT2D eigenvalue weighted by molar-refractivity contribution is -0.324. The molecule has 0 saturated heterocycles. The van der Waals surface area contributed by atoms with Gasteiger partial charge in [-0.05, 0) is 6.42 Å². The number of hydrogen-bond donors (Lipinski definition) is 1. The van der Waals surface area contributed by atoms with Gasteiger partial charge in [0.05, 0.1) is 6.61 Å². The van der Waals surface area contributed by atoms with Crippen molar-refractivity contribution < 1.29 is 31.1 Å². The van der Waals surface area contributed by atoms with E-state index in [1.54, 1.807) is 0 Å². The minimum atomic E-state index is -5.53. The third kappa shape index (κ3) is 4.78. The number of rotatable bonds is 6. The number of ether oxygens (including phenoxy) is 1. The van der Waals surface area contributed by atoms with Gasteiger partial charge in [0.2, 0.25) is 6.10 Å². The Kier molecular flexibility index (Phi) is 5.57. The highest BCUT2D eigenvalue weighted by atomic mass is 32.1. The summed E-state index contributed by atoms with van der Waals surface area (Å²) in [5, 5.41) is 6.55. The summed E-state index contributed by atoms with van der Waals surface area (Å²) in [6.07, 6.45) is -14.2. The van der Waals surface area contributed by atoms with E-state index in [9.17, 15) is 26.3 Å². The second-order valence-corrected chi connectivity index (χ2v) is 4.50. The summed E-state index contributed by atoms with van der Waals surface area (Å²) in [5.41, 5.74) is -0.0815. The molecule has 4 nitrogen and oxygen atoms in total. The van der Waals surface area contributed by atoms with Crippen LogP contribution in [0.4, 0.5) is 31.3 Å². The molecule has 0 aliphatic rings. The maximum Gasteiger partial charge on any atom is 0.423 e. The van der Waals surface area contributed by atoms with Crippen LogP contribution in [0.25, 0.3) is 0 Å². The van der Waals surface area contributed by atoms with Crippen LogP contribution in [0, 0.1) is 0 Å². The predicted molar refractivity (Wildman–Crippen MR) is 59.4 cm³/mol. The average Bonchev–Trinajstić information content (AvgIpc) is 2.70. The summed E-state index contributed by atoms with van der Waals surface area (Å²) < 4.78 is 80.9. The third-order valence-electron chi connectivity index (χ3n) is 2.07. The van der Waals surface area contributed by atoms with E-state index in [4.69, 9.17) is 0 Å². The first-order valence-corrected chi connectivity index (χ1v) is 6.23. The lowest BCUT2D eigenvalue weighted by atomic mass is 10.3. The molecule has 0 aromatic carbocycles. The zero-order valence-corrected chi connectivity index (χ0v) is 11.0. The van der Waals surface area contributed by atoms with E-state index in [0.717, 1.165) is 18.0 Å². The maximum atomic E-state index is 12.3. The molecule has 1 aromatic rings. The molecule has 0 spiro atoms. The van der Waals surface area contributed by atoms with Crippen LogP contribution in [0.2, 0.25) is 0 Å². The first kappa shape index (κ1) is 17.0. The van der Waals surface area contributed by atoms with Gasteiger partial charge in [-0.15, -0.1) is 5.10 Å². The van der Waals surface area contributed by atoms with Crippen LogP contribution in [0.3, 0.4) is 0 Å². The smallest absolute Gasteiger partial charge is 0.374 e. The first-order chi connectivity index (χ1) is 9.16. The minimum Gasteiger partial charge on any atom is -0.374 e. The van der Waals surface area contributed by atoms with Crippen molar-refractivity contribution in [2.75, 3.05) is 11.9 Å². The van der Waals surface area contributed by atoms with Crippen molar-refractivity contribution in [3.8, 4) is 0 Å². The molecular formula is C9H11F6N3OS. The number of nitrogens with zero attached hydrogens (tertiary/aromatic N) is 2. The molecule has 0 amide bonds. The van der Waals surface area contributed by atoms with Gasteiger partial charge in [0, 0.05) is 18.1 Å². The molecule has 0 unspecified atom stereocenters. The average molecular weight is 323 g/mol. The van der Waals surface area contributed by atoms with E-state index >= 15 is 0 Å². The number of anilines is 1. The minimum absolute atomic E-state index is 0.0815. The Hall–Kier alpha value is -1.10. The van der Waals surface area contributed by atoms with Crippen molar-refractivity contribution in [2.45, 2.75) is 38.4 Å². The molecule has 0 radical (unpaired) electrons. The Bertz CT molecular complexity index is 405. The molecular weight excluding hydrogens is 312 g/mol. The molecule has 1 heterocycles. The molecule has 0 aliphatic carbocycles. The SMILES string of the molecule is CCCNc1snnc1COC(C(F)(F)F)C(F)(F)F. The summed E-state index contributed by atoms with van der Waals surface area (Å²) in [7, 11) is 0. The maximum absolute atomic E-state index is 12.3. The molecule has 1 aromatic heterocycles. The van der Waals surface area contributed by atoms with Crippen LogP contribution < -0.4 is 5.32 Å². The van der Waals surface area contributed by atoms with Crippen molar-refractivity contribution in [1.82, 2.24) is 9.59 Å². The molecule has 20 heavy (non-hydrogen) atoms. The fraction of sp³-hybridized carbons (Fsp3) is 0.778. The van der Waals surface area contributed by atoms with Crippen LogP contribution in [0.5, 0.6) is 0 Å². The van der Waals surface area contributed by atoms with E-state index in [-0.39, 0.29) is 5.69 Å². The van der Waals surface area contributed by atoms with Gasteiger partial charge in [0.15, 0.2) is 0 Å². The number of aromatic nitrogens is 2. The van der Waals surface area contributed by atoms with Crippen LogP contribution in [0.15, 0.2) is 0 Å². The zero-order valence-electron chi connectivity index (χ0n) is 10.2. The highest BCUT2D eigenvalue weighted by molar-refractivity contribution is 7.10. The Labute approximate surface area is 114 Å². The topological polar surface area (TPSA) is 47.0 Å². The van der Waals surface area contributed by atoms with E-state index in [0.29, 0.717) is 11.5 Å². The summed E-state index contributed by atoms with van der Waals surface area (Å²) >= 11 is 0.841. The molecule has 11 heteroatoms. The predicted octanol–water partition coefficient (Wildman–Crippen LogP) is 3.37. The Morgan fingerprint density at radius 2 is 1.80 bits per heavy atom. The molecule has 0 bridgehead atoms. The summed E-state index contributed by atoms with van der Waals surface area (Å²) in [6.45, 7) is 1.42. The fourth-order valence-corrected chi connectivity index (χ4v) is 1.81. The molecule has 0 saturated carbocycles. The van der Waals surface area contributed by atoms with E-state index in [1.165, 1.54) is 0 Å². The van der Waals surface area contributed by atoms with Crippen LogP contribution in [-0.2, 0) is 11.3 Å². The molecule has 0 fully saturated rings. The first-order valence-electron chi connectivity index (χ1n) is 5.46. The Morgan fingerprint density at radius 3 is 2.30 bits per heavy atom. The molecule has 0 aliphatic heterocycles. The van der Waals surface area contributed by atoms with Crippen LogP contribution >= 0.6 is 11.5 Å². The standard InChI is InChI=1S/C9H11F6N3OS/c1-2-3-16-6-5(17-18-20-6)4-19-7(8(10,11)12)9(13,14)15/h7,16H,2-4H2,1H3. The zero-order chi connectivity index (χ0) is 15.4. The van der Waals surface area contributed by atoms with Crippen molar-refractivity contribution in [3.63, 3.8) is 0 Å². The Balaban J connectivity index is 2.71. The van der Waals surface area contributed by atoms with Gasteiger partial charge in [-0.2, -0.15) is 26.3 Å². The second-order valence-electron chi connectivity index (χ2n) is 3.75. The summed E-state index contributed by atoms with van der Waals surface area (Å²) in [5.74, 6) is 0. The lowest BCUT2D eigenvalue weighted by Crippen LogP contribution is -2.44. The number of nitrogens with one attached hydrogen (secondary N) is 1. The normalized spacial score (nSPS) is 13.0. The van der Waals surface area contributed by atoms with Crippen LogP contribution in [0.1, 0.15) is 19.0 Å². The van der Waals surface area contributed by atoms with E-state index in [2.05, 4.69) is 19.6 Å². The van der Waals surface area contributed by atoms with Gasteiger partial charge >= 0.3 is 12.4 Å². The quantitative estimate of drug-likeness (QED) is 0.816. The largest absolute Gasteiger partial charge is 0.423 e. The van der Waals surface area contributed by atoms with Gasteiger partial charge in [0.25, 0.3) is 0 Å². The number of halogens is 6. The van der Waals surface area contributed by atoms with Gasteiger partial charge in [-0.1, -0.05) is 11.4 Å². The number of alkyl halides is 6. The van der Waals surface area contributed by atoms with E-state index in [1.807, 2.05) is 6.92 Å². The van der Waals surface area contributed by atoms with Crippen molar-refractivity contribution in [2.24, 2.45) is 0 Å². The molecule has 116 valence electrons. The lowest BCUT2D eigenvalue weighted by Gasteiger charge is -2.22. The van der Waals surface area contributed by atoms with Crippen molar-refractivity contribution in [3.05, 3.63) is 5.69 Å².